The predicted octanol–water partition coefficient (Wildman–Crippen LogP) is 3.47. The molecule has 0 aliphatic heterocycles. The van der Waals surface area contributed by atoms with E-state index in [0.717, 1.165) is 6.42 Å². The minimum absolute atomic E-state index is 0.117. The molecule has 3 nitrogen and oxygen atoms in total. The molecule has 3 heteroatoms. The number of hydrogen-bond acceptors (Lipinski definition) is 3. The highest BCUT2D eigenvalue weighted by atomic mass is 16.6. The second kappa shape index (κ2) is 6.18. The molecule has 0 amide bonds. The van der Waals surface area contributed by atoms with Crippen LogP contribution in [0.25, 0.3) is 0 Å². The van der Waals surface area contributed by atoms with Crippen molar-refractivity contribution in [1.29, 1.82) is 0 Å². The molecule has 0 aromatic carbocycles. The molecule has 0 aliphatic rings. The van der Waals surface area contributed by atoms with Crippen molar-refractivity contribution in [2.45, 2.75) is 60.5 Å². The second-order valence-corrected chi connectivity index (χ2v) is 6.46. The molecule has 0 rings (SSSR count). The Morgan fingerprint density at radius 1 is 1.24 bits per heavy atom. The van der Waals surface area contributed by atoms with Crippen LogP contribution in [0.2, 0.25) is 0 Å². The standard InChI is InChI=1S/C14H27NO2/c1-11(2)14(6,7)8-9-15-10-12(16)17-13(3,4)5/h9,11H,8,10H2,1-7H3/b15-9+. The van der Waals surface area contributed by atoms with Gasteiger partial charge in [0.1, 0.15) is 12.1 Å². The van der Waals surface area contributed by atoms with Gasteiger partial charge in [-0.15, -0.1) is 0 Å². The predicted molar refractivity (Wildman–Crippen MR) is 72.4 cm³/mol. The van der Waals surface area contributed by atoms with Crippen LogP contribution in [-0.4, -0.2) is 24.3 Å². The topological polar surface area (TPSA) is 38.7 Å². The molecule has 0 aliphatic carbocycles. The van der Waals surface area contributed by atoms with Crippen LogP contribution in [0.5, 0.6) is 0 Å². The van der Waals surface area contributed by atoms with Crippen molar-refractivity contribution in [1.82, 2.24) is 0 Å². The third-order valence-corrected chi connectivity index (χ3v) is 2.95. The summed E-state index contributed by atoms with van der Waals surface area (Å²) in [7, 11) is 0. The average Bonchev–Trinajstić information content (AvgIpc) is 2.09. The molecule has 0 aromatic heterocycles. The normalized spacial score (nSPS) is 13.4. The van der Waals surface area contributed by atoms with Gasteiger partial charge in [0, 0.05) is 0 Å². The number of esters is 1. The van der Waals surface area contributed by atoms with E-state index in [1.165, 1.54) is 0 Å². The van der Waals surface area contributed by atoms with Crippen LogP contribution in [0, 0.1) is 11.3 Å². The molecule has 0 bridgehead atoms. The van der Waals surface area contributed by atoms with Gasteiger partial charge < -0.3 is 4.74 Å². The molecule has 0 fully saturated rings. The smallest absolute Gasteiger partial charge is 0.328 e. The third-order valence-electron chi connectivity index (χ3n) is 2.95. The molecule has 0 saturated carbocycles. The molecule has 0 aromatic rings. The van der Waals surface area contributed by atoms with Crippen LogP contribution in [-0.2, 0) is 9.53 Å². The minimum Gasteiger partial charge on any atom is -0.459 e. The summed E-state index contributed by atoms with van der Waals surface area (Å²) in [6.07, 6.45) is 2.72. The first-order chi connectivity index (χ1) is 7.54. The molecule has 100 valence electrons. The molecule has 0 saturated heterocycles. The van der Waals surface area contributed by atoms with Crippen molar-refractivity contribution < 1.29 is 9.53 Å². The highest BCUT2D eigenvalue weighted by Gasteiger charge is 2.20. The molecule has 0 heterocycles. The highest BCUT2D eigenvalue weighted by molar-refractivity contribution is 5.74. The lowest BCUT2D eigenvalue weighted by Crippen LogP contribution is -2.25. The molecule has 0 radical (unpaired) electrons. The summed E-state index contributed by atoms with van der Waals surface area (Å²) in [6, 6.07) is 0. The van der Waals surface area contributed by atoms with E-state index in [1.807, 2.05) is 27.0 Å². The summed E-state index contributed by atoms with van der Waals surface area (Å²) in [5, 5.41) is 0. The summed E-state index contributed by atoms with van der Waals surface area (Å²) in [6.45, 7) is 14.5. The van der Waals surface area contributed by atoms with Crippen LogP contribution in [0.1, 0.15) is 54.9 Å². The average molecular weight is 241 g/mol. The van der Waals surface area contributed by atoms with Crippen molar-refractivity contribution >= 4 is 12.2 Å². The summed E-state index contributed by atoms with van der Waals surface area (Å²) < 4.78 is 5.16. The van der Waals surface area contributed by atoms with Crippen LogP contribution in [0.4, 0.5) is 0 Å². The van der Waals surface area contributed by atoms with E-state index in [4.69, 9.17) is 4.74 Å². The molecule has 0 spiro atoms. The van der Waals surface area contributed by atoms with Crippen LogP contribution in [0.3, 0.4) is 0 Å². The van der Waals surface area contributed by atoms with E-state index in [1.54, 1.807) is 0 Å². The van der Waals surface area contributed by atoms with Gasteiger partial charge in [-0.1, -0.05) is 27.7 Å². The van der Waals surface area contributed by atoms with Gasteiger partial charge >= 0.3 is 5.97 Å². The molecular weight excluding hydrogens is 214 g/mol. The van der Waals surface area contributed by atoms with Crippen molar-refractivity contribution in [3.8, 4) is 0 Å². The Morgan fingerprint density at radius 2 is 1.76 bits per heavy atom. The van der Waals surface area contributed by atoms with Gasteiger partial charge in [-0.25, -0.2) is 0 Å². The molecule has 0 unspecified atom stereocenters. The summed E-state index contributed by atoms with van der Waals surface area (Å²) in [5.41, 5.74) is -0.207. The van der Waals surface area contributed by atoms with E-state index < -0.39 is 5.60 Å². The van der Waals surface area contributed by atoms with Crippen LogP contribution in [0.15, 0.2) is 4.99 Å². The summed E-state index contributed by atoms with van der Waals surface area (Å²) in [5.74, 6) is 0.326. The molecule has 0 atom stereocenters. The number of aliphatic imine (C=N–C) groups is 1. The maximum Gasteiger partial charge on any atom is 0.328 e. The number of nitrogens with zero attached hydrogens (tertiary/aromatic N) is 1. The number of carbonyl (C=O) groups excluding carboxylic acids is 1. The van der Waals surface area contributed by atoms with Gasteiger partial charge in [0.15, 0.2) is 0 Å². The Balaban J connectivity index is 4.01. The van der Waals surface area contributed by atoms with Crippen molar-refractivity contribution in [2.75, 3.05) is 6.54 Å². The van der Waals surface area contributed by atoms with Gasteiger partial charge in [-0.2, -0.15) is 0 Å². The van der Waals surface area contributed by atoms with E-state index in [9.17, 15) is 4.79 Å². The lowest BCUT2D eigenvalue weighted by molar-refractivity contribution is -0.152. The Bertz CT molecular complexity index is 272. The lowest BCUT2D eigenvalue weighted by Gasteiger charge is -2.27. The van der Waals surface area contributed by atoms with E-state index >= 15 is 0 Å². The fourth-order valence-corrected chi connectivity index (χ4v) is 1.05. The van der Waals surface area contributed by atoms with E-state index in [-0.39, 0.29) is 17.9 Å². The van der Waals surface area contributed by atoms with E-state index in [0.29, 0.717) is 5.92 Å². The summed E-state index contributed by atoms with van der Waals surface area (Å²) in [4.78, 5) is 15.5. The van der Waals surface area contributed by atoms with Crippen molar-refractivity contribution in [2.24, 2.45) is 16.3 Å². The van der Waals surface area contributed by atoms with Gasteiger partial charge in [0.2, 0.25) is 0 Å². The molecule has 0 N–H and O–H groups in total. The second-order valence-electron chi connectivity index (χ2n) is 6.46. The van der Waals surface area contributed by atoms with Gasteiger partial charge in [-0.05, 0) is 44.7 Å². The van der Waals surface area contributed by atoms with Crippen molar-refractivity contribution in [3.63, 3.8) is 0 Å². The molecule has 17 heavy (non-hydrogen) atoms. The third kappa shape index (κ3) is 7.94. The SMILES string of the molecule is CC(C)C(C)(C)C/C=N/CC(=O)OC(C)(C)C. The first kappa shape index (κ1) is 16.1. The van der Waals surface area contributed by atoms with Crippen LogP contribution < -0.4 is 0 Å². The number of hydrogen-bond donors (Lipinski definition) is 0. The maximum atomic E-state index is 11.4. The Hall–Kier alpha value is -0.860. The van der Waals surface area contributed by atoms with Gasteiger partial charge in [0.05, 0.1) is 0 Å². The fourth-order valence-electron chi connectivity index (χ4n) is 1.05. The number of ether oxygens (including phenoxy) is 1. The van der Waals surface area contributed by atoms with E-state index in [2.05, 4.69) is 32.7 Å². The number of carbonyl (C=O) groups is 1. The van der Waals surface area contributed by atoms with Gasteiger partial charge in [0.25, 0.3) is 0 Å². The quantitative estimate of drug-likeness (QED) is 0.546. The first-order valence-electron chi connectivity index (χ1n) is 6.25. The Morgan fingerprint density at radius 3 is 2.18 bits per heavy atom. The zero-order valence-electron chi connectivity index (χ0n) is 12.3. The van der Waals surface area contributed by atoms with Crippen molar-refractivity contribution in [3.05, 3.63) is 0 Å². The Labute approximate surface area is 106 Å². The lowest BCUT2D eigenvalue weighted by atomic mass is 9.79. The molecular formula is C14H27NO2. The maximum absolute atomic E-state index is 11.4. The monoisotopic (exact) mass is 241 g/mol. The summed E-state index contributed by atoms with van der Waals surface area (Å²) >= 11 is 0. The zero-order valence-corrected chi connectivity index (χ0v) is 12.3. The highest BCUT2D eigenvalue weighted by Crippen LogP contribution is 2.28. The number of rotatable bonds is 5. The first-order valence-corrected chi connectivity index (χ1v) is 6.25. The van der Waals surface area contributed by atoms with Gasteiger partial charge in [-0.3, -0.25) is 9.79 Å². The zero-order chi connectivity index (χ0) is 13.7. The fraction of sp³-hybridized carbons (Fsp3) is 0.857. The Kier molecular flexibility index (Phi) is 5.86. The van der Waals surface area contributed by atoms with Crippen LogP contribution >= 0.6 is 0 Å². The largest absolute Gasteiger partial charge is 0.459 e. The minimum atomic E-state index is -0.427.